The molecule has 1 saturated heterocycles. The minimum atomic E-state index is -0.739. The number of ether oxygens (including phenoxy) is 1. The molecule has 2 N–H and O–H groups in total. The molecule has 1 atom stereocenters. The third-order valence-corrected chi connectivity index (χ3v) is 3.48. The van der Waals surface area contributed by atoms with Gasteiger partial charge in [0.15, 0.2) is 0 Å². The fourth-order valence-electron chi connectivity index (χ4n) is 2.48. The van der Waals surface area contributed by atoms with Gasteiger partial charge < -0.3 is 20.1 Å². The highest BCUT2D eigenvalue weighted by molar-refractivity contribution is 5.51. The predicted molar refractivity (Wildman–Crippen MR) is 77.9 cm³/mol. The Labute approximate surface area is 115 Å². The summed E-state index contributed by atoms with van der Waals surface area (Å²) < 4.78 is 5.28. The molecule has 1 fully saturated rings. The fourth-order valence-corrected chi connectivity index (χ4v) is 2.48. The Morgan fingerprint density at radius 2 is 2.00 bits per heavy atom. The number of nitrogens with zero attached hydrogens (tertiary/aromatic N) is 1. The lowest BCUT2D eigenvalue weighted by atomic mass is 10.1. The van der Waals surface area contributed by atoms with E-state index >= 15 is 0 Å². The van der Waals surface area contributed by atoms with Crippen LogP contribution in [0.1, 0.15) is 20.8 Å². The maximum absolute atomic E-state index is 10.4. The Morgan fingerprint density at radius 3 is 2.68 bits per heavy atom. The third kappa shape index (κ3) is 3.61. The van der Waals surface area contributed by atoms with Crippen LogP contribution in [0.4, 0.5) is 5.69 Å². The number of nitrogens with one attached hydrogen (secondary N) is 1. The Hall–Kier alpha value is -1.26. The molecule has 1 aromatic carbocycles. The van der Waals surface area contributed by atoms with Gasteiger partial charge in [0, 0.05) is 36.9 Å². The van der Waals surface area contributed by atoms with Gasteiger partial charge in [0.1, 0.15) is 5.75 Å². The van der Waals surface area contributed by atoms with Crippen LogP contribution in [-0.4, -0.2) is 43.0 Å². The highest BCUT2D eigenvalue weighted by Gasteiger charge is 2.34. The molecule has 1 aromatic rings. The molecule has 1 unspecified atom stereocenters. The first-order valence-electron chi connectivity index (χ1n) is 6.68. The minimum Gasteiger partial charge on any atom is -0.497 e. The van der Waals surface area contributed by atoms with Crippen LogP contribution in [0.3, 0.4) is 0 Å². The number of methoxy groups -OCH3 is 1. The summed E-state index contributed by atoms with van der Waals surface area (Å²) in [6, 6.07) is 7.98. The van der Waals surface area contributed by atoms with Gasteiger partial charge in [-0.15, -0.1) is 0 Å². The molecule has 1 aliphatic heterocycles. The van der Waals surface area contributed by atoms with E-state index in [0.29, 0.717) is 13.1 Å². The van der Waals surface area contributed by atoms with Gasteiger partial charge in [0.05, 0.1) is 12.7 Å². The molecular weight excluding hydrogens is 240 g/mol. The molecule has 0 bridgehead atoms. The van der Waals surface area contributed by atoms with Crippen molar-refractivity contribution in [1.82, 2.24) is 5.32 Å². The van der Waals surface area contributed by atoms with Crippen molar-refractivity contribution in [3.63, 3.8) is 0 Å². The summed E-state index contributed by atoms with van der Waals surface area (Å²) in [5.41, 5.74) is 0.303. The molecule has 19 heavy (non-hydrogen) atoms. The van der Waals surface area contributed by atoms with Gasteiger partial charge in [-0.1, -0.05) is 6.07 Å². The lowest BCUT2D eigenvalue weighted by Gasteiger charge is -2.32. The maximum Gasteiger partial charge on any atom is 0.120 e. The second-order valence-electron chi connectivity index (χ2n) is 6.29. The van der Waals surface area contributed by atoms with Crippen molar-refractivity contribution in [2.75, 3.05) is 31.6 Å². The molecular formula is C15H24N2O2. The first-order chi connectivity index (χ1) is 8.81. The summed E-state index contributed by atoms with van der Waals surface area (Å²) in [6.45, 7) is 8.23. The van der Waals surface area contributed by atoms with Crippen molar-refractivity contribution in [1.29, 1.82) is 0 Å². The van der Waals surface area contributed by atoms with E-state index in [-0.39, 0.29) is 5.54 Å². The van der Waals surface area contributed by atoms with E-state index in [1.807, 2.05) is 25.1 Å². The van der Waals surface area contributed by atoms with E-state index in [2.05, 4.69) is 30.1 Å². The summed E-state index contributed by atoms with van der Waals surface area (Å²) in [5, 5.41) is 13.8. The van der Waals surface area contributed by atoms with Crippen molar-refractivity contribution >= 4 is 5.69 Å². The fraction of sp³-hybridized carbons (Fsp3) is 0.600. The van der Waals surface area contributed by atoms with Gasteiger partial charge >= 0.3 is 0 Å². The van der Waals surface area contributed by atoms with Crippen LogP contribution in [0, 0.1) is 0 Å². The van der Waals surface area contributed by atoms with Gasteiger partial charge in [0.25, 0.3) is 0 Å². The van der Waals surface area contributed by atoms with Crippen LogP contribution in [-0.2, 0) is 0 Å². The quantitative estimate of drug-likeness (QED) is 0.852. The molecule has 106 valence electrons. The first-order valence-corrected chi connectivity index (χ1v) is 6.68. The number of β-amino-alcohol motifs (C(OH)–C–C–N with tert-alkyl or cyclic N) is 1. The third-order valence-electron chi connectivity index (χ3n) is 3.48. The summed E-state index contributed by atoms with van der Waals surface area (Å²) in [4.78, 5) is 2.21. The van der Waals surface area contributed by atoms with E-state index < -0.39 is 5.60 Å². The van der Waals surface area contributed by atoms with Gasteiger partial charge in [-0.2, -0.15) is 0 Å². The van der Waals surface area contributed by atoms with Gasteiger partial charge in [-0.05, 0) is 32.9 Å². The Bertz CT molecular complexity index is 426. The SMILES string of the molecule is COc1cccc(N2CC(C)(O)CNC(C)(C)C2)c1. The molecule has 0 saturated carbocycles. The normalized spacial score (nSPS) is 26.9. The van der Waals surface area contributed by atoms with Crippen LogP contribution in [0.15, 0.2) is 24.3 Å². The molecule has 1 heterocycles. The number of rotatable bonds is 2. The number of benzene rings is 1. The van der Waals surface area contributed by atoms with Crippen LogP contribution < -0.4 is 15.0 Å². The molecule has 0 aromatic heterocycles. The molecule has 0 spiro atoms. The highest BCUT2D eigenvalue weighted by Crippen LogP contribution is 2.26. The summed E-state index contributed by atoms with van der Waals surface area (Å²) in [6.07, 6.45) is 0. The number of hydrogen-bond acceptors (Lipinski definition) is 4. The molecule has 0 radical (unpaired) electrons. The lowest BCUT2D eigenvalue weighted by Crippen LogP contribution is -2.47. The highest BCUT2D eigenvalue weighted by atomic mass is 16.5. The molecule has 0 amide bonds. The van der Waals surface area contributed by atoms with Crippen molar-refractivity contribution in [2.45, 2.75) is 31.9 Å². The number of aliphatic hydroxyl groups is 1. The maximum atomic E-state index is 10.4. The second-order valence-corrected chi connectivity index (χ2v) is 6.29. The molecule has 4 nitrogen and oxygen atoms in total. The molecule has 2 rings (SSSR count). The average Bonchev–Trinajstić information content (AvgIpc) is 2.46. The first kappa shape index (κ1) is 14.2. The van der Waals surface area contributed by atoms with Crippen LogP contribution in [0.5, 0.6) is 5.75 Å². The minimum absolute atomic E-state index is 0.0381. The zero-order chi connectivity index (χ0) is 14.1. The van der Waals surface area contributed by atoms with E-state index in [9.17, 15) is 5.11 Å². The van der Waals surface area contributed by atoms with Crippen LogP contribution in [0.25, 0.3) is 0 Å². The van der Waals surface area contributed by atoms with Crippen molar-refractivity contribution in [3.05, 3.63) is 24.3 Å². The van der Waals surface area contributed by atoms with Crippen LogP contribution >= 0.6 is 0 Å². The second kappa shape index (κ2) is 5.02. The zero-order valence-corrected chi connectivity index (χ0v) is 12.2. The van der Waals surface area contributed by atoms with E-state index in [1.165, 1.54) is 0 Å². The summed E-state index contributed by atoms with van der Waals surface area (Å²) in [7, 11) is 1.67. The number of anilines is 1. The Balaban J connectivity index is 2.29. The Kier molecular flexibility index (Phi) is 3.74. The van der Waals surface area contributed by atoms with E-state index in [0.717, 1.165) is 18.0 Å². The standard InChI is InChI=1S/C15H24N2O2/c1-14(2)10-17(11-15(3,18)9-16-14)12-6-5-7-13(8-12)19-4/h5-8,16,18H,9-11H2,1-4H3. The average molecular weight is 264 g/mol. The monoisotopic (exact) mass is 264 g/mol. The van der Waals surface area contributed by atoms with Gasteiger partial charge in [-0.25, -0.2) is 0 Å². The van der Waals surface area contributed by atoms with Gasteiger partial charge in [-0.3, -0.25) is 0 Å². The van der Waals surface area contributed by atoms with Crippen molar-refractivity contribution in [3.8, 4) is 5.75 Å². The summed E-state index contributed by atoms with van der Waals surface area (Å²) >= 11 is 0. The van der Waals surface area contributed by atoms with Crippen molar-refractivity contribution < 1.29 is 9.84 Å². The zero-order valence-electron chi connectivity index (χ0n) is 12.2. The smallest absolute Gasteiger partial charge is 0.120 e. The number of hydrogen-bond donors (Lipinski definition) is 2. The molecule has 0 aliphatic carbocycles. The van der Waals surface area contributed by atoms with E-state index in [1.54, 1.807) is 7.11 Å². The van der Waals surface area contributed by atoms with Gasteiger partial charge in [0.2, 0.25) is 0 Å². The molecule has 1 aliphatic rings. The van der Waals surface area contributed by atoms with Crippen molar-refractivity contribution in [2.24, 2.45) is 0 Å². The lowest BCUT2D eigenvalue weighted by molar-refractivity contribution is 0.0696. The van der Waals surface area contributed by atoms with E-state index in [4.69, 9.17) is 4.74 Å². The molecule has 4 heteroatoms. The Morgan fingerprint density at radius 1 is 1.26 bits per heavy atom. The predicted octanol–water partition coefficient (Wildman–Crippen LogP) is 1.63. The summed E-state index contributed by atoms with van der Waals surface area (Å²) in [5.74, 6) is 0.840. The largest absolute Gasteiger partial charge is 0.497 e. The van der Waals surface area contributed by atoms with Crippen LogP contribution in [0.2, 0.25) is 0 Å². The topological polar surface area (TPSA) is 44.7 Å².